The van der Waals surface area contributed by atoms with Crippen LogP contribution >= 0.6 is 0 Å². The number of carbonyl (C=O) groups excluding carboxylic acids is 4. The van der Waals surface area contributed by atoms with E-state index in [0.29, 0.717) is 16.7 Å². The van der Waals surface area contributed by atoms with Gasteiger partial charge >= 0.3 is 11.9 Å². The topological polar surface area (TPSA) is 160 Å². The Morgan fingerprint density at radius 3 is 1.83 bits per heavy atom. The Hall–Kier alpha value is -3.66. The average molecular weight is 417 g/mol. The molecule has 10 heteroatoms. The fourth-order valence-electron chi connectivity index (χ4n) is 2.84. The molecule has 0 spiro atoms. The van der Waals surface area contributed by atoms with E-state index in [0.717, 1.165) is 0 Å². The molecule has 0 aromatic rings. The van der Waals surface area contributed by atoms with Gasteiger partial charge in [0.05, 0.1) is 36.4 Å². The maximum atomic E-state index is 12.4. The number of anilines is 1. The number of primary amides is 1. The van der Waals surface area contributed by atoms with Crippen LogP contribution in [0.1, 0.15) is 40.1 Å². The molecule has 0 fully saturated rings. The van der Waals surface area contributed by atoms with E-state index < -0.39 is 30.4 Å². The Bertz CT molecular complexity index is 887. The van der Waals surface area contributed by atoms with Crippen molar-refractivity contribution in [3.63, 3.8) is 0 Å². The van der Waals surface area contributed by atoms with Gasteiger partial charge in [0.1, 0.15) is 0 Å². The summed E-state index contributed by atoms with van der Waals surface area (Å²) >= 11 is 0. The molecule has 0 aromatic carbocycles. The van der Waals surface area contributed by atoms with Crippen LogP contribution in [-0.2, 0) is 30.3 Å². The zero-order valence-electron chi connectivity index (χ0n) is 16.7. The van der Waals surface area contributed by atoms with Crippen molar-refractivity contribution in [3.05, 3.63) is 41.0 Å². The first-order valence-corrected chi connectivity index (χ1v) is 9.17. The Kier molecular flexibility index (Phi) is 7.70. The molecule has 0 radical (unpaired) electrons. The summed E-state index contributed by atoms with van der Waals surface area (Å²) in [5, 5.41) is 0. The SMILES string of the molecule is CCOC(=O)c1c2ccc(CC(=O)NOCC(N)=O)ccc-2c(C(=O)OCC)c1N. The van der Waals surface area contributed by atoms with Crippen molar-refractivity contribution >= 4 is 29.4 Å². The third-order valence-electron chi connectivity index (χ3n) is 4.02. The minimum atomic E-state index is -0.726. The van der Waals surface area contributed by atoms with Crippen LogP contribution in [0.4, 0.5) is 5.69 Å². The lowest BCUT2D eigenvalue weighted by molar-refractivity contribution is -0.137. The summed E-state index contributed by atoms with van der Waals surface area (Å²) in [5.74, 6) is -2.57. The monoisotopic (exact) mass is 417 g/mol. The lowest BCUT2D eigenvalue weighted by Crippen LogP contribution is -2.30. The van der Waals surface area contributed by atoms with Gasteiger partial charge in [-0.15, -0.1) is 0 Å². The smallest absolute Gasteiger partial charge is 0.340 e. The molecule has 0 saturated carbocycles. The molecular weight excluding hydrogens is 394 g/mol. The third kappa shape index (κ3) is 5.23. The van der Waals surface area contributed by atoms with Gasteiger partial charge in [-0.25, -0.2) is 15.1 Å². The van der Waals surface area contributed by atoms with Crippen LogP contribution in [0, 0.1) is 0 Å². The molecule has 2 aliphatic rings. The molecule has 0 unspecified atom stereocenters. The van der Waals surface area contributed by atoms with E-state index in [4.69, 9.17) is 20.9 Å². The molecule has 0 saturated heterocycles. The number of hydrogen-bond donors (Lipinski definition) is 3. The van der Waals surface area contributed by atoms with Crippen molar-refractivity contribution in [2.24, 2.45) is 5.73 Å². The fraction of sp³-hybridized carbons (Fsp3) is 0.300. The normalized spacial score (nSPS) is 10.5. The minimum absolute atomic E-state index is 0.0211. The van der Waals surface area contributed by atoms with Crippen LogP contribution < -0.4 is 16.9 Å². The van der Waals surface area contributed by atoms with Gasteiger partial charge in [0.15, 0.2) is 6.61 Å². The van der Waals surface area contributed by atoms with E-state index in [2.05, 4.69) is 10.3 Å². The molecule has 5 N–H and O–H groups in total. The third-order valence-corrected chi connectivity index (χ3v) is 4.02. The van der Waals surface area contributed by atoms with E-state index >= 15 is 0 Å². The van der Waals surface area contributed by atoms with Crippen molar-refractivity contribution in [2.75, 3.05) is 25.6 Å². The molecule has 0 aromatic heterocycles. The van der Waals surface area contributed by atoms with E-state index in [1.165, 1.54) is 0 Å². The van der Waals surface area contributed by atoms with E-state index in [1.807, 2.05) is 0 Å². The predicted molar refractivity (Wildman–Crippen MR) is 106 cm³/mol. The quantitative estimate of drug-likeness (QED) is 0.399. The minimum Gasteiger partial charge on any atom is -0.462 e. The summed E-state index contributed by atoms with van der Waals surface area (Å²) in [7, 11) is 0. The molecule has 0 bridgehead atoms. The Labute approximate surface area is 172 Å². The number of carbonyl (C=O) groups is 4. The van der Waals surface area contributed by atoms with Crippen LogP contribution in [0.5, 0.6) is 0 Å². The lowest BCUT2D eigenvalue weighted by atomic mass is 10.1. The summed E-state index contributed by atoms with van der Waals surface area (Å²) in [6.45, 7) is 3.13. The highest BCUT2D eigenvalue weighted by atomic mass is 16.7. The number of amides is 2. The molecule has 0 aliphatic heterocycles. The standard InChI is InChI=1S/C20H23N3O7/c1-3-28-19(26)16-12-7-5-11(9-15(25)23-30-10-14(21)24)6-8-13(12)17(18(16)22)20(27)29-4-2/h5-8H,3-4,9-10,22H2,1-2H3,(H2,21,24)(H,23,25). The molecule has 0 heterocycles. The van der Waals surface area contributed by atoms with Crippen LogP contribution in [0.25, 0.3) is 11.1 Å². The number of hydroxylamine groups is 1. The van der Waals surface area contributed by atoms with E-state index in [-0.39, 0.29) is 36.4 Å². The number of nitrogens with one attached hydrogen (secondary N) is 1. The number of fused-ring (bicyclic) bond motifs is 1. The number of nitrogens with two attached hydrogens (primary N) is 2. The van der Waals surface area contributed by atoms with Gasteiger partial charge in [-0.2, -0.15) is 0 Å². The molecular formula is C20H23N3O7. The highest BCUT2D eigenvalue weighted by Crippen LogP contribution is 2.39. The van der Waals surface area contributed by atoms with E-state index in [1.54, 1.807) is 38.1 Å². The number of esters is 2. The number of hydrogen-bond acceptors (Lipinski definition) is 8. The van der Waals surface area contributed by atoms with Gasteiger partial charge in [-0.1, -0.05) is 24.3 Å². The van der Waals surface area contributed by atoms with Gasteiger partial charge in [-0.3, -0.25) is 14.4 Å². The lowest BCUT2D eigenvalue weighted by Gasteiger charge is -2.04. The Morgan fingerprint density at radius 1 is 0.900 bits per heavy atom. The molecule has 160 valence electrons. The summed E-state index contributed by atoms with van der Waals surface area (Å²) in [6, 6.07) is 6.36. The summed E-state index contributed by atoms with van der Waals surface area (Å²) in [4.78, 5) is 52.1. The largest absolute Gasteiger partial charge is 0.462 e. The molecule has 2 aliphatic carbocycles. The first-order chi connectivity index (χ1) is 14.3. The number of nitrogen functional groups attached to an aromatic ring is 1. The number of rotatable bonds is 9. The van der Waals surface area contributed by atoms with Crippen LogP contribution in [0.15, 0.2) is 24.3 Å². The predicted octanol–water partition coefficient (Wildman–Crippen LogP) is 0.803. The van der Waals surface area contributed by atoms with Crippen LogP contribution in [-0.4, -0.2) is 43.6 Å². The van der Waals surface area contributed by atoms with Crippen molar-refractivity contribution in [2.45, 2.75) is 20.3 Å². The highest BCUT2D eigenvalue weighted by molar-refractivity contribution is 6.15. The fourth-order valence-corrected chi connectivity index (χ4v) is 2.84. The van der Waals surface area contributed by atoms with Crippen molar-refractivity contribution in [3.8, 4) is 11.1 Å². The maximum absolute atomic E-state index is 12.4. The van der Waals surface area contributed by atoms with Crippen molar-refractivity contribution < 1.29 is 33.5 Å². The number of ether oxygens (including phenoxy) is 2. The molecule has 10 nitrogen and oxygen atoms in total. The van der Waals surface area contributed by atoms with Crippen LogP contribution in [0.3, 0.4) is 0 Å². The Morgan fingerprint density at radius 2 is 1.40 bits per heavy atom. The second-order valence-electron chi connectivity index (χ2n) is 6.13. The van der Waals surface area contributed by atoms with Gasteiger partial charge in [-0.05, 0) is 30.5 Å². The summed E-state index contributed by atoms with van der Waals surface area (Å²) in [5.41, 5.74) is 14.6. The van der Waals surface area contributed by atoms with Crippen LogP contribution in [0.2, 0.25) is 0 Å². The summed E-state index contributed by atoms with van der Waals surface area (Å²) in [6.07, 6.45) is -0.0883. The highest BCUT2D eigenvalue weighted by Gasteiger charge is 2.30. The molecule has 2 rings (SSSR count). The summed E-state index contributed by atoms with van der Waals surface area (Å²) < 4.78 is 10.1. The van der Waals surface area contributed by atoms with Gasteiger partial charge in [0, 0.05) is 0 Å². The van der Waals surface area contributed by atoms with Gasteiger partial charge in [0.2, 0.25) is 11.8 Å². The van der Waals surface area contributed by atoms with E-state index in [9.17, 15) is 19.2 Å². The molecule has 0 atom stereocenters. The second-order valence-corrected chi connectivity index (χ2v) is 6.13. The van der Waals surface area contributed by atoms with Crippen molar-refractivity contribution in [1.82, 2.24) is 5.48 Å². The second kappa shape index (κ2) is 10.2. The Balaban J connectivity index is 2.42. The maximum Gasteiger partial charge on any atom is 0.340 e. The van der Waals surface area contributed by atoms with Gasteiger partial charge in [0.25, 0.3) is 0 Å². The first-order valence-electron chi connectivity index (χ1n) is 9.17. The average Bonchev–Trinajstić information content (AvgIpc) is 2.80. The first kappa shape index (κ1) is 22.6. The molecule has 30 heavy (non-hydrogen) atoms. The zero-order chi connectivity index (χ0) is 22.3. The zero-order valence-corrected chi connectivity index (χ0v) is 16.7. The van der Waals surface area contributed by atoms with Crippen molar-refractivity contribution in [1.29, 1.82) is 0 Å². The molecule has 2 amide bonds. The van der Waals surface area contributed by atoms with Gasteiger partial charge < -0.3 is 20.9 Å².